The number of carbonyl (C=O) groups is 2. The average Bonchev–Trinajstić information content (AvgIpc) is 2.94. The highest BCUT2D eigenvalue weighted by atomic mass is 16.5. The number of amides is 3. The highest BCUT2D eigenvalue weighted by Gasteiger charge is 2.38. The number of hydrogen-bond acceptors (Lipinski definition) is 3. The van der Waals surface area contributed by atoms with Crippen LogP contribution in [0.1, 0.15) is 12.8 Å². The van der Waals surface area contributed by atoms with Gasteiger partial charge in [0.15, 0.2) is 0 Å². The van der Waals surface area contributed by atoms with Gasteiger partial charge in [0.2, 0.25) is 5.91 Å². The van der Waals surface area contributed by atoms with Gasteiger partial charge in [0.05, 0.1) is 12.6 Å². The number of benzene rings is 1. The van der Waals surface area contributed by atoms with Gasteiger partial charge in [-0.15, -0.1) is 0 Å². The van der Waals surface area contributed by atoms with E-state index in [1.807, 2.05) is 30.3 Å². The topological polar surface area (TPSA) is 49.9 Å². The molecule has 1 unspecified atom stereocenters. The quantitative estimate of drug-likeness (QED) is 0.812. The number of urea groups is 1. The number of carbonyl (C=O) groups excluding carboxylic acids is 2. The highest BCUT2D eigenvalue weighted by Crippen LogP contribution is 2.24. The first-order valence-corrected chi connectivity index (χ1v) is 6.54. The van der Waals surface area contributed by atoms with Crippen LogP contribution in [0.25, 0.3) is 0 Å². The summed E-state index contributed by atoms with van der Waals surface area (Å²) in [7, 11) is 0. The van der Waals surface area contributed by atoms with E-state index in [1.54, 1.807) is 4.90 Å². The van der Waals surface area contributed by atoms with E-state index in [9.17, 15) is 9.59 Å². The van der Waals surface area contributed by atoms with Crippen molar-refractivity contribution in [3.05, 3.63) is 30.3 Å². The monoisotopic (exact) mass is 260 g/mol. The first-order chi connectivity index (χ1) is 9.27. The van der Waals surface area contributed by atoms with Gasteiger partial charge >= 0.3 is 6.03 Å². The fourth-order valence-corrected chi connectivity index (χ4v) is 2.59. The van der Waals surface area contributed by atoms with E-state index in [4.69, 9.17) is 4.74 Å². The Morgan fingerprint density at radius 1 is 1.16 bits per heavy atom. The summed E-state index contributed by atoms with van der Waals surface area (Å²) in [4.78, 5) is 27.5. The Morgan fingerprint density at radius 3 is 2.63 bits per heavy atom. The Morgan fingerprint density at radius 2 is 1.95 bits per heavy atom. The third kappa shape index (κ3) is 2.21. The van der Waals surface area contributed by atoms with Gasteiger partial charge in [0.25, 0.3) is 0 Å². The minimum Gasteiger partial charge on any atom is -0.379 e. The number of imide groups is 1. The first-order valence-electron chi connectivity index (χ1n) is 6.54. The van der Waals surface area contributed by atoms with E-state index in [0.29, 0.717) is 26.2 Å². The molecule has 0 spiro atoms. The predicted octanol–water partition coefficient (Wildman–Crippen LogP) is 1.63. The molecule has 19 heavy (non-hydrogen) atoms. The second kappa shape index (κ2) is 5.01. The molecule has 2 heterocycles. The number of hydrogen-bond donors (Lipinski definition) is 0. The van der Waals surface area contributed by atoms with E-state index >= 15 is 0 Å². The SMILES string of the molecule is O=C1CCN(c2ccccc2)C(=O)N1C1CCOC1. The smallest absolute Gasteiger partial charge is 0.331 e. The zero-order valence-electron chi connectivity index (χ0n) is 10.6. The van der Waals surface area contributed by atoms with Gasteiger partial charge in [-0.1, -0.05) is 18.2 Å². The van der Waals surface area contributed by atoms with Crippen LogP contribution in [0.15, 0.2) is 30.3 Å². The lowest BCUT2D eigenvalue weighted by Crippen LogP contribution is -2.56. The third-order valence-corrected chi connectivity index (χ3v) is 3.59. The van der Waals surface area contributed by atoms with Crippen LogP contribution in [0.2, 0.25) is 0 Å². The number of para-hydroxylation sites is 1. The first kappa shape index (κ1) is 12.2. The van der Waals surface area contributed by atoms with Gasteiger partial charge in [-0.2, -0.15) is 0 Å². The molecule has 1 aromatic rings. The zero-order valence-corrected chi connectivity index (χ0v) is 10.6. The van der Waals surface area contributed by atoms with Crippen molar-refractivity contribution in [3.8, 4) is 0 Å². The molecular formula is C14H16N2O3. The summed E-state index contributed by atoms with van der Waals surface area (Å²) >= 11 is 0. The van der Waals surface area contributed by atoms with Crippen molar-refractivity contribution >= 4 is 17.6 Å². The Hall–Kier alpha value is -1.88. The maximum atomic E-state index is 12.5. The molecule has 5 nitrogen and oxygen atoms in total. The summed E-state index contributed by atoms with van der Waals surface area (Å²) in [5.41, 5.74) is 0.837. The van der Waals surface area contributed by atoms with Crippen LogP contribution in [0, 0.1) is 0 Å². The molecule has 0 aliphatic carbocycles. The molecule has 5 heteroatoms. The summed E-state index contributed by atoms with van der Waals surface area (Å²) in [6, 6.07) is 9.13. The molecule has 1 aromatic carbocycles. The van der Waals surface area contributed by atoms with Crippen molar-refractivity contribution in [2.45, 2.75) is 18.9 Å². The van der Waals surface area contributed by atoms with E-state index in [-0.39, 0.29) is 18.0 Å². The number of anilines is 1. The Balaban J connectivity index is 1.85. The second-order valence-electron chi connectivity index (χ2n) is 4.80. The van der Waals surface area contributed by atoms with E-state index < -0.39 is 0 Å². The van der Waals surface area contributed by atoms with Crippen molar-refractivity contribution in [2.75, 3.05) is 24.7 Å². The number of rotatable bonds is 2. The molecule has 2 aliphatic rings. The molecule has 0 radical (unpaired) electrons. The normalized spacial score (nSPS) is 24.1. The van der Waals surface area contributed by atoms with Crippen LogP contribution in [0.3, 0.4) is 0 Å². The van der Waals surface area contributed by atoms with Crippen molar-refractivity contribution in [2.24, 2.45) is 0 Å². The van der Waals surface area contributed by atoms with E-state index in [0.717, 1.165) is 12.1 Å². The summed E-state index contributed by atoms with van der Waals surface area (Å²) in [5.74, 6) is -0.0901. The van der Waals surface area contributed by atoms with E-state index in [1.165, 1.54) is 4.90 Å². The van der Waals surface area contributed by atoms with Gasteiger partial charge in [0.1, 0.15) is 0 Å². The van der Waals surface area contributed by atoms with Gasteiger partial charge in [-0.25, -0.2) is 4.79 Å². The van der Waals surface area contributed by atoms with Crippen molar-refractivity contribution in [3.63, 3.8) is 0 Å². The molecule has 2 saturated heterocycles. The molecule has 0 N–H and O–H groups in total. The average molecular weight is 260 g/mol. The minimum absolute atomic E-state index is 0.0901. The molecule has 2 aliphatic heterocycles. The summed E-state index contributed by atoms with van der Waals surface area (Å²) < 4.78 is 5.28. The lowest BCUT2D eigenvalue weighted by atomic mass is 10.1. The van der Waals surface area contributed by atoms with E-state index in [2.05, 4.69) is 0 Å². The zero-order chi connectivity index (χ0) is 13.2. The van der Waals surface area contributed by atoms with Crippen molar-refractivity contribution in [1.29, 1.82) is 0 Å². The van der Waals surface area contributed by atoms with Gasteiger partial charge in [0, 0.05) is 25.3 Å². The standard InChI is InChI=1S/C14H16N2O3/c17-13-6-8-15(11-4-2-1-3-5-11)14(18)16(13)12-7-9-19-10-12/h1-5,12H,6-10H2. The molecule has 0 aromatic heterocycles. The van der Waals surface area contributed by atoms with Gasteiger partial charge < -0.3 is 4.74 Å². The molecule has 3 rings (SSSR count). The van der Waals surface area contributed by atoms with Gasteiger partial charge in [-0.3, -0.25) is 14.6 Å². The van der Waals surface area contributed by atoms with Gasteiger partial charge in [-0.05, 0) is 18.6 Å². The fourth-order valence-electron chi connectivity index (χ4n) is 2.59. The molecule has 1 atom stereocenters. The summed E-state index contributed by atoms with van der Waals surface area (Å²) in [6.45, 7) is 1.53. The molecule has 0 saturated carbocycles. The summed E-state index contributed by atoms with van der Waals surface area (Å²) in [5, 5.41) is 0. The molecular weight excluding hydrogens is 244 g/mol. The number of nitrogens with zero attached hydrogens (tertiary/aromatic N) is 2. The third-order valence-electron chi connectivity index (χ3n) is 3.59. The Labute approximate surface area is 111 Å². The predicted molar refractivity (Wildman–Crippen MR) is 69.9 cm³/mol. The molecule has 0 bridgehead atoms. The maximum absolute atomic E-state index is 12.5. The largest absolute Gasteiger partial charge is 0.379 e. The fraction of sp³-hybridized carbons (Fsp3) is 0.429. The maximum Gasteiger partial charge on any atom is 0.331 e. The van der Waals surface area contributed by atoms with Crippen LogP contribution in [0.5, 0.6) is 0 Å². The van der Waals surface area contributed by atoms with Crippen molar-refractivity contribution in [1.82, 2.24) is 4.90 Å². The van der Waals surface area contributed by atoms with Crippen LogP contribution >= 0.6 is 0 Å². The summed E-state index contributed by atoms with van der Waals surface area (Å²) in [6.07, 6.45) is 1.11. The lowest BCUT2D eigenvalue weighted by Gasteiger charge is -2.36. The minimum atomic E-state index is -0.224. The lowest BCUT2D eigenvalue weighted by molar-refractivity contribution is -0.130. The Kier molecular flexibility index (Phi) is 3.21. The Bertz CT molecular complexity index is 483. The second-order valence-corrected chi connectivity index (χ2v) is 4.80. The van der Waals surface area contributed by atoms with Crippen LogP contribution < -0.4 is 4.90 Å². The molecule has 3 amide bonds. The highest BCUT2D eigenvalue weighted by molar-refractivity contribution is 6.05. The van der Waals surface area contributed by atoms with Crippen LogP contribution in [-0.4, -0.2) is 42.6 Å². The molecule has 100 valence electrons. The van der Waals surface area contributed by atoms with Crippen molar-refractivity contribution < 1.29 is 14.3 Å². The number of ether oxygens (including phenoxy) is 1. The molecule has 2 fully saturated rings. The van der Waals surface area contributed by atoms with Crippen LogP contribution in [0.4, 0.5) is 10.5 Å². The van der Waals surface area contributed by atoms with Crippen LogP contribution in [-0.2, 0) is 9.53 Å².